The molecule has 5 aromatic rings. The Morgan fingerprint density at radius 1 is 0.643 bits per heavy atom. The van der Waals surface area contributed by atoms with E-state index in [0.29, 0.717) is 24.8 Å². The number of carbonyl (C=O) groups excluding carboxylic acids is 4. The van der Waals surface area contributed by atoms with E-state index in [2.05, 4.69) is 81.3 Å². The Labute approximate surface area is 410 Å². The number of aromatic amines is 2. The molecule has 4 aliphatic carbocycles. The van der Waals surface area contributed by atoms with Crippen LogP contribution in [-0.2, 0) is 25.5 Å². The molecule has 4 N–H and O–H groups in total. The lowest BCUT2D eigenvalue weighted by Gasteiger charge is -2.30. The highest BCUT2D eigenvalue weighted by molar-refractivity contribution is 5.88. The summed E-state index contributed by atoms with van der Waals surface area (Å²) in [5.41, 5.74) is 12.3. The number of rotatable bonds is 13. The molecule has 2 bridgehead atoms. The van der Waals surface area contributed by atoms with Crippen LogP contribution in [0.4, 0.5) is 9.59 Å². The number of fused-ring (bicyclic) bond motifs is 5. The average Bonchev–Trinajstić information content (AvgIpc) is 3.78. The number of ether oxygens (including phenoxy) is 2. The van der Waals surface area contributed by atoms with Crippen LogP contribution in [0.2, 0.25) is 0 Å². The molecule has 2 saturated heterocycles. The highest BCUT2D eigenvalue weighted by Crippen LogP contribution is 2.60. The second-order valence-corrected chi connectivity index (χ2v) is 22.2. The molecule has 2 aromatic heterocycles. The van der Waals surface area contributed by atoms with Crippen molar-refractivity contribution in [2.75, 3.05) is 27.3 Å². The molecule has 6 unspecified atom stereocenters. The van der Waals surface area contributed by atoms with Crippen molar-refractivity contribution in [2.45, 2.75) is 128 Å². The van der Waals surface area contributed by atoms with Crippen molar-refractivity contribution in [3.05, 3.63) is 95.8 Å². The minimum absolute atomic E-state index is 0.00597. The number of imidazole rings is 2. The highest BCUT2D eigenvalue weighted by Gasteiger charge is 2.56. The van der Waals surface area contributed by atoms with Crippen molar-refractivity contribution in [2.24, 2.45) is 22.7 Å². The SMILES string of the molecule is COC(=O)NC(C(=O)N1CC2(CC2)CC1Cc1ncc(-c2ccc(-c3ccc(-c4ccc(-c5cnc(C6CC7(CC7)CN6C(=O)C(NC(=O)OC)C(C)C)[nH]5)cc4)c4c3C3CCC4C3)cc2)[nH]1)C(C)C. The van der Waals surface area contributed by atoms with Gasteiger partial charge in [-0.05, 0) is 137 Å². The third-order valence-corrected chi connectivity index (χ3v) is 16.9. The van der Waals surface area contributed by atoms with Crippen LogP contribution in [0, 0.1) is 22.7 Å². The molecule has 0 radical (unpaired) electrons. The molecule has 14 nitrogen and oxygen atoms in total. The lowest BCUT2D eigenvalue weighted by atomic mass is 9.81. The normalized spacial score (nSPS) is 23.0. The molecule has 2 spiro atoms. The van der Waals surface area contributed by atoms with Crippen molar-refractivity contribution in [1.82, 2.24) is 40.4 Å². The predicted octanol–water partition coefficient (Wildman–Crippen LogP) is 9.90. The Morgan fingerprint density at radius 2 is 1.11 bits per heavy atom. The van der Waals surface area contributed by atoms with Crippen molar-refractivity contribution in [3.8, 4) is 44.8 Å². The van der Waals surface area contributed by atoms with Crippen molar-refractivity contribution < 1.29 is 28.7 Å². The number of carbonyl (C=O) groups is 4. The van der Waals surface area contributed by atoms with Gasteiger partial charge in [0.1, 0.15) is 23.7 Å². The van der Waals surface area contributed by atoms with Crippen molar-refractivity contribution in [1.29, 1.82) is 0 Å². The second-order valence-electron chi connectivity index (χ2n) is 22.2. The van der Waals surface area contributed by atoms with Crippen molar-refractivity contribution >= 4 is 24.0 Å². The van der Waals surface area contributed by atoms with E-state index in [1.165, 1.54) is 66.9 Å². The molecule has 6 atom stereocenters. The summed E-state index contributed by atoms with van der Waals surface area (Å²) in [4.78, 5) is 73.1. The summed E-state index contributed by atoms with van der Waals surface area (Å²) in [6, 6.07) is 20.8. The molecule has 3 saturated carbocycles. The summed E-state index contributed by atoms with van der Waals surface area (Å²) in [5.74, 6) is 2.43. The summed E-state index contributed by atoms with van der Waals surface area (Å²) >= 11 is 0. The van der Waals surface area contributed by atoms with Gasteiger partial charge < -0.3 is 39.9 Å². The number of aromatic nitrogens is 4. The fraction of sp³-hybridized carbons (Fsp3) is 0.500. The van der Waals surface area contributed by atoms with E-state index in [0.717, 1.165) is 79.2 Å². The molecular formula is C56H66N8O6. The molecule has 5 fully saturated rings. The molecule has 2 aliphatic heterocycles. The highest BCUT2D eigenvalue weighted by atomic mass is 16.5. The van der Waals surface area contributed by atoms with Crippen LogP contribution in [0.25, 0.3) is 44.8 Å². The molecular weight excluding hydrogens is 881 g/mol. The van der Waals surface area contributed by atoms with Crippen LogP contribution in [0.15, 0.2) is 73.1 Å². The topological polar surface area (TPSA) is 175 Å². The van der Waals surface area contributed by atoms with Gasteiger partial charge in [-0.2, -0.15) is 0 Å². The van der Waals surface area contributed by atoms with Gasteiger partial charge in [0.05, 0.1) is 44.0 Å². The standard InChI is InChI=1S/C56H66N8O6/c1-31(2)48(61-53(67)69-5)51(65)63-29-55(19-20-55)25-39(63)24-45-57-27-42(59-45)35-11-7-33(8-12-35)40-17-18-41(47-38-16-15-37(23-38)46(40)47)34-9-13-36(14-10-34)43-28-58-50(60-43)44-26-56(21-22-56)30-64(44)52(66)49(32(3)4)62-54(68)70-6/h7-14,17-18,27-28,31-32,37-39,44,48-49H,15-16,19-26,29-30H2,1-6H3,(H,57,59)(H,58,60)(H,61,67)(H,62,68). The van der Waals surface area contributed by atoms with Crippen LogP contribution in [0.5, 0.6) is 0 Å². The first kappa shape index (κ1) is 46.0. The average molecular weight is 947 g/mol. The zero-order chi connectivity index (χ0) is 48.6. The predicted molar refractivity (Wildman–Crippen MR) is 266 cm³/mol. The zero-order valence-corrected chi connectivity index (χ0v) is 41.3. The summed E-state index contributed by atoms with van der Waals surface area (Å²) in [7, 11) is 2.64. The van der Waals surface area contributed by atoms with Gasteiger partial charge in [0.15, 0.2) is 0 Å². The van der Waals surface area contributed by atoms with Gasteiger partial charge in [-0.1, -0.05) is 88.4 Å². The largest absolute Gasteiger partial charge is 0.453 e. The first-order valence-electron chi connectivity index (χ1n) is 25.5. The third kappa shape index (κ3) is 8.44. The number of nitrogens with one attached hydrogen (secondary N) is 4. The Kier molecular flexibility index (Phi) is 11.7. The van der Waals surface area contributed by atoms with E-state index in [4.69, 9.17) is 19.4 Å². The molecule has 6 aliphatic rings. The lowest BCUT2D eigenvalue weighted by molar-refractivity contribution is -0.136. The number of H-pyrrole nitrogens is 2. The third-order valence-electron chi connectivity index (χ3n) is 16.9. The van der Waals surface area contributed by atoms with Crippen LogP contribution < -0.4 is 10.6 Å². The maximum absolute atomic E-state index is 14.0. The van der Waals surface area contributed by atoms with Crippen LogP contribution in [0.3, 0.4) is 0 Å². The van der Waals surface area contributed by atoms with Gasteiger partial charge in [0.25, 0.3) is 0 Å². The molecule has 14 heteroatoms. The first-order valence-corrected chi connectivity index (χ1v) is 25.5. The van der Waals surface area contributed by atoms with Gasteiger partial charge in [0, 0.05) is 25.6 Å². The lowest BCUT2D eigenvalue weighted by Crippen LogP contribution is -2.53. The van der Waals surface area contributed by atoms with Crippen LogP contribution in [0.1, 0.15) is 126 Å². The molecule has 11 rings (SSSR count). The zero-order valence-electron chi connectivity index (χ0n) is 41.3. The quantitative estimate of drug-likeness (QED) is 0.0903. The molecule has 70 heavy (non-hydrogen) atoms. The Balaban J connectivity index is 0.791. The molecule has 366 valence electrons. The van der Waals surface area contributed by atoms with E-state index < -0.39 is 24.3 Å². The van der Waals surface area contributed by atoms with Gasteiger partial charge in [-0.3, -0.25) is 9.59 Å². The number of benzene rings is 3. The number of alkyl carbamates (subject to hydrolysis) is 2. The summed E-state index contributed by atoms with van der Waals surface area (Å²) in [5, 5.41) is 5.56. The van der Waals surface area contributed by atoms with E-state index >= 15 is 0 Å². The summed E-state index contributed by atoms with van der Waals surface area (Å²) in [6.45, 7) is 9.17. The van der Waals surface area contributed by atoms with Gasteiger partial charge >= 0.3 is 12.2 Å². The minimum Gasteiger partial charge on any atom is -0.453 e. The Morgan fingerprint density at radius 3 is 1.63 bits per heavy atom. The number of likely N-dealkylation sites (tertiary alicyclic amines) is 2. The van der Waals surface area contributed by atoms with E-state index in [-0.39, 0.29) is 46.6 Å². The summed E-state index contributed by atoms with van der Waals surface area (Å²) in [6.07, 6.45) is 13.1. The molecule has 3 aromatic carbocycles. The Bertz CT molecular complexity index is 2820. The van der Waals surface area contributed by atoms with E-state index in [9.17, 15) is 19.2 Å². The van der Waals surface area contributed by atoms with Crippen molar-refractivity contribution in [3.63, 3.8) is 0 Å². The smallest absolute Gasteiger partial charge is 0.407 e. The number of amides is 4. The fourth-order valence-corrected chi connectivity index (χ4v) is 12.6. The molecule has 4 amide bonds. The number of nitrogens with zero attached hydrogens (tertiary/aromatic N) is 4. The maximum atomic E-state index is 14.0. The van der Waals surface area contributed by atoms with Gasteiger partial charge in [0.2, 0.25) is 11.8 Å². The fourth-order valence-electron chi connectivity index (χ4n) is 12.6. The molecule has 4 heterocycles. The van der Waals surface area contributed by atoms with Crippen LogP contribution in [-0.4, -0.2) is 99.2 Å². The van der Waals surface area contributed by atoms with E-state index in [1.54, 1.807) is 0 Å². The number of hydrogen-bond acceptors (Lipinski definition) is 8. The number of hydrogen-bond donors (Lipinski definition) is 4. The number of methoxy groups -OCH3 is 2. The monoisotopic (exact) mass is 947 g/mol. The van der Waals surface area contributed by atoms with E-state index in [1.807, 2.05) is 49.9 Å². The Hall–Kier alpha value is -6.44. The maximum Gasteiger partial charge on any atom is 0.407 e. The summed E-state index contributed by atoms with van der Waals surface area (Å²) < 4.78 is 9.70. The van der Waals surface area contributed by atoms with Gasteiger partial charge in [-0.15, -0.1) is 0 Å². The van der Waals surface area contributed by atoms with Crippen LogP contribution >= 0.6 is 0 Å². The minimum atomic E-state index is -0.680. The second kappa shape index (κ2) is 17.8. The first-order chi connectivity index (χ1) is 33.7. The van der Waals surface area contributed by atoms with Gasteiger partial charge in [-0.25, -0.2) is 19.6 Å².